The summed E-state index contributed by atoms with van der Waals surface area (Å²) in [7, 11) is 0. The first-order valence-corrected chi connectivity index (χ1v) is 5.45. The quantitative estimate of drug-likeness (QED) is 0.807. The zero-order valence-corrected chi connectivity index (χ0v) is 9.03. The van der Waals surface area contributed by atoms with Crippen molar-refractivity contribution < 1.29 is 0 Å². The summed E-state index contributed by atoms with van der Waals surface area (Å²) in [6, 6.07) is 8.60. The zero-order chi connectivity index (χ0) is 10.5. The Balaban J connectivity index is 2.20. The summed E-state index contributed by atoms with van der Waals surface area (Å²) in [4.78, 5) is 7.40. The van der Waals surface area contributed by atoms with Gasteiger partial charge in [0.2, 0.25) is 0 Å². The summed E-state index contributed by atoms with van der Waals surface area (Å²) in [5, 5.41) is 0. The Morgan fingerprint density at radius 3 is 2.67 bits per heavy atom. The van der Waals surface area contributed by atoms with Gasteiger partial charge in [-0.25, -0.2) is 4.98 Å². The molecule has 2 nitrogen and oxygen atoms in total. The Morgan fingerprint density at radius 2 is 2.00 bits per heavy atom. The second-order valence-corrected chi connectivity index (χ2v) is 3.73. The van der Waals surface area contributed by atoms with Crippen molar-refractivity contribution in [2.75, 3.05) is 0 Å². The van der Waals surface area contributed by atoms with Gasteiger partial charge in [0.15, 0.2) is 0 Å². The van der Waals surface area contributed by atoms with Crippen LogP contribution in [0.2, 0.25) is 0 Å². The lowest BCUT2D eigenvalue weighted by Crippen LogP contribution is -1.96. The Morgan fingerprint density at radius 1 is 1.20 bits per heavy atom. The summed E-state index contributed by atoms with van der Waals surface area (Å²) in [6.07, 6.45) is 6.92. The van der Waals surface area contributed by atoms with Gasteiger partial charge in [-0.05, 0) is 17.5 Å². The van der Waals surface area contributed by atoms with Crippen LogP contribution in [0.5, 0.6) is 0 Å². The molecule has 1 aromatic carbocycles. The van der Waals surface area contributed by atoms with E-state index in [1.165, 1.54) is 17.5 Å². The molecule has 0 spiro atoms. The minimum atomic E-state index is 0.906. The van der Waals surface area contributed by atoms with E-state index >= 15 is 0 Å². The molecule has 0 fully saturated rings. The first-order valence-electron chi connectivity index (χ1n) is 5.45. The predicted octanol–water partition coefficient (Wildman–Crippen LogP) is 2.95. The summed E-state index contributed by atoms with van der Waals surface area (Å²) >= 11 is 0. The van der Waals surface area contributed by atoms with Crippen molar-refractivity contribution >= 4 is 0 Å². The van der Waals surface area contributed by atoms with E-state index in [0.29, 0.717) is 0 Å². The first-order chi connectivity index (χ1) is 7.40. The molecule has 0 saturated carbocycles. The number of nitrogens with zero attached hydrogens (tertiary/aromatic N) is 1. The zero-order valence-electron chi connectivity index (χ0n) is 9.03. The van der Waals surface area contributed by atoms with E-state index in [1.54, 1.807) is 6.20 Å². The standard InChI is InChI=1S/C13H16N2/c1-2-5-11-6-3-4-7-12(11)10-13-14-8-9-15-13/h3-4,6-9H,2,5,10H2,1H3,(H,14,15). The molecule has 1 aromatic heterocycles. The molecule has 0 saturated heterocycles. The number of benzene rings is 1. The SMILES string of the molecule is CCCc1ccccc1Cc1ncc[nH]1. The number of imidazole rings is 1. The van der Waals surface area contributed by atoms with Crippen LogP contribution in [-0.2, 0) is 12.8 Å². The highest BCUT2D eigenvalue weighted by Crippen LogP contribution is 2.13. The van der Waals surface area contributed by atoms with Crippen LogP contribution < -0.4 is 0 Å². The largest absolute Gasteiger partial charge is 0.348 e. The second kappa shape index (κ2) is 4.78. The number of aromatic amines is 1. The van der Waals surface area contributed by atoms with Gasteiger partial charge in [-0.3, -0.25) is 0 Å². The molecular formula is C13H16N2. The Labute approximate surface area is 90.4 Å². The van der Waals surface area contributed by atoms with Crippen molar-refractivity contribution in [3.8, 4) is 0 Å². The van der Waals surface area contributed by atoms with Crippen molar-refractivity contribution in [2.24, 2.45) is 0 Å². The molecular weight excluding hydrogens is 184 g/mol. The average Bonchev–Trinajstić information content (AvgIpc) is 2.74. The van der Waals surface area contributed by atoms with Gasteiger partial charge in [-0.1, -0.05) is 37.6 Å². The average molecular weight is 200 g/mol. The maximum absolute atomic E-state index is 4.26. The van der Waals surface area contributed by atoms with Crippen LogP contribution in [0.25, 0.3) is 0 Å². The molecule has 2 aromatic rings. The molecule has 0 radical (unpaired) electrons. The van der Waals surface area contributed by atoms with Gasteiger partial charge in [0, 0.05) is 18.8 Å². The van der Waals surface area contributed by atoms with Crippen molar-refractivity contribution in [3.63, 3.8) is 0 Å². The van der Waals surface area contributed by atoms with E-state index in [4.69, 9.17) is 0 Å². The summed E-state index contributed by atoms with van der Waals surface area (Å²) in [5.74, 6) is 1.04. The van der Waals surface area contributed by atoms with Crippen LogP contribution in [-0.4, -0.2) is 9.97 Å². The van der Waals surface area contributed by atoms with Gasteiger partial charge < -0.3 is 4.98 Å². The van der Waals surface area contributed by atoms with Crippen molar-refractivity contribution in [1.82, 2.24) is 9.97 Å². The van der Waals surface area contributed by atoms with Crippen LogP contribution in [0, 0.1) is 0 Å². The molecule has 0 unspecified atom stereocenters. The van der Waals surface area contributed by atoms with Crippen molar-refractivity contribution in [3.05, 3.63) is 53.6 Å². The van der Waals surface area contributed by atoms with Crippen LogP contribution >= 0.6 is 0 Å². The van der Waals surface area contributed by atoms with Gasteiger partial charge in [0.05, 0.1) is 0 Å². The number of hydrogen-bond acceptors (Lipinski definition) is 1. The molecule has 0 bridgehead atoms. The molecule has 1 heterocycles. The van der Waals surface area contributed by atoms with E-state index in [2.05, 4.69) is 41.2 Å². The van der Waals surface area contributed by atoms with Crippen LogP contribution in [0.4, 0.5) is 0 Å². The van der Waals surface area contributed by atoms with E-state index in [0.717, 1.165) is 18.7 Å². The molecule has 2 rings (SSSR count). The normalized spacial score (nSPS) is 10.5. The lowest BCUT2D eigenvalue weighted by Gasteiger charge is -2.06. The van der Waals surface area contributed by atoms with Gasteiger partial charge in [-0.2, -0.15) is 0 Å². The van der Waals surface area contributed by atoms with E-state index < -0.39 is 0 Å². The highest BCUT2D eigenvalue weighted by Gasteiger charge is 2.03. The number of nitrogens with one attached hydrogen (secondary N) is 1. The molecule has 78 valence electrons. The number of aryl methyl sites for hydroxylation is 1. The minimum absolute atomic E-state index is 0.906. The topological polar surface area (TPSA) is 28.7 Å². The third-order valence-electron chi connectivity index (χ3n) is 2.55. The van der Waals surface area contributed by atoms with Crippen molar-refractivity contribution in [1.29, 1.82) is 0 Å². The molecule has 2 heteroatoms. The molecule has 0 amide bonds. The van der Waals surface area contributed by atoms with Crippen LogP contribution in [0.1, 0.15) is 30.3 Å². The second-order valence-electron chi connectivity index (χ2n) is 3.73. The summed E-state index contributed by atoms with van der Waals surface area (Å²) in [5.41, 5.74) is 2.82. The maximum atomic E-state index is 4.26. The maximum Gasteiger partial charge on any atom is 0.110 e. The Kier molecular flexibility index (Phi) is 3.18. The molecule has 0 aliphatic rings. The number of hydrogen-bond donors (Lipinski definition) is 1. The predicted molar refractivity (Wildman–Crippen MR) is 61.8 cm³/mol. The van der Waals surface area contributed by atoms with Crippen LogP contribution in [0.3, 0.4) is 0 Å². The molecule has 1 N–H and O–H groups in total. The van der Waals surface area contributed by atoms with Crippen molar-refractivity contribution in [2.45, 2.75) is 26.2 Å². The van der Waals surface area contributed by atoms with Crippen LogP contribution in [0.15, 0.2) is 36.7 Å². The van der Waals surface area contributed by atoms with Gasteiger partial charge >= 0.3 is 0 Å². The molecule has 0 atom stereocenters. The first kappa shape index (κ1) is 9.97. The lowest BCUT2D eigenvalue weighted by molar-refractivity contribution is 0.894. The third-order valence-corrected chi connectivity index (χ3v) is 2.55. The highest BCUT2D eigenvalue weighted by molar-refractivity contribution is 5.29. The number of H-pyrrole nitrogens is 1. The fourth-order valence-electron chi connectivity index (χ4n) is 1.82. The molecule has 0 aliphatic carbocycles. The van der Waals surface area contributed by atoms with Gasteiger partial charge in [0.1, 0.15) is 5.82 Å². The number of rotatable bonds is 4. The van der Waals surface area contributed by atoms with Gasteiger partial charge in [0.25, 0.3) is 0 Å². The summed E-state index contributed by atoms with van der Waals surface area (Å²) < 4.78 is 0. The monoisotopic (exact) mass is 200 g/mol. The van der Waals surface area contributed by atoms with E-state index in [-0.39, 0.29) is 0 Å². The smallest absolute Gasteiger partial charge is 0.110 e. The van der Waals surface area contributed by atoms with E-state index in [9.17, 15) is 0 Å². The minimum Gasteiger partial charge on any atom is -0.348 e. The molecule has 15 heavy (non-hydrogen) atoms. The molecule has 0 aliphatic heterocycles. The Hall–Kier alpha value is -1.57. The third kappa shape index (κ3) is 2.46. The van der Waals surface area contributed by atoms with Gasteiger partial charge in [-0.15, -0.1) is 0 Å². The Bertz CT molecular complexity index is 404. The fourth-order valence-corrected chi connectivity index (χ4v) is 1.82. The fraction of sp³-hybridized carbons (Fsp3) is 0.308. The lowest BCUT2D eigenvalue weighted by atomic mass is 10.0. The summed E-state index contributed by atoms with van der Waals surface area (Å²) in [6.45, 7) is 2.21. The van der Waals surface area contributed by atoms with E-state index in [1.807, 2.05) is 6.20 Å². The highest BCUT2D eigenvalue weighted by atomic mass is 14.9. The number of aromatic nitrogens is 2.